The third-order valence-electron chi connectivity index (χ3n) is 5.90. The van der Waals surface area contributed by atoms with Crippen molar-refractivity contribution in [2.24, 2.45) is 0 Å². The van der Waals surface area contributed by atoms with Gasteiger partial charge in [-0.05, 0) is 79.3 Å². The van der Waals surface area contributed by atoms with Crippen LogP contribution in [-0.2, 0) is 0 Å². The highest BCUT2D eigenvalue weighted by atomic mass is 35.5. The summed E-state index contributed by atoms with van der Waals surface area (Å²) in [6.45, 7) is 1.99. The summed E-state index contributed by atoms with van der Waals surface area (Å²) in [6.07, 6.45) is 1.79. The summed E-state index contributed by atoms with van der Waals surface area (Å²) in [6, 6.07) is 23.1. The molecule has 4 aromatic rings. The maximum atomic E-state index is 6.43. The molecular formula is C26H22ClN3O2S. The fourth-order valence-corrected chi connectivity index (χ4v) is 4.72. The Bertz CT molecular complexity index is 1290. The van der Waals surface area contributed by atoms with E-state index >= 15 is 0 Å². The fourth-order valence-electron chi connectivity index (χ4n) is 4.20. The van der Waals surface area contributed by atoms with Crippen LogP contribution in [0.25, 0.3) is 11.3 Å². The van der Waals surface area contributed by atoms with Gasteiger partial charge in [-0.3, -0.25) is 4.98 Å². The van der Waals surface area contributed by atoms with Gasteiger partial charge in [0.05, 0.1) is 18.8 Å². The van der Waals surface area contributed by atoms with Crippen molar-refractivity contribution in [3.05, 3.63) is 101 Å². The Morgan fingerprint density at radius 3 is 2.58 bits per heavy atom. The molecule has 2 aromatic carbocycles. The van der Waals surface area contributed by atoms with E-state index in [0.717, 1.165) is 39.8 Å². The summed E-state index contributed by atoms with van der Waals surface area (Å²) in [5.41, 5.74) is 3.77. The SMILES string of the molecule is COc1ccc(N2C(=S)N[C@H](c3ccccn3)[C@H]2c2ccc(-c3cccc(Cl)c3C)o2)cc1. The molecule has 0 radical (unpaired) electrons. The molecule has 5 rings (SSSR count). The number of aromatic nitrogens is 1. The van der Waals surface area contributed by atoms with Crippen molar-refractivity contribution < 1.29 is 9.15 Å². The molecule has 2 atom stereocenters. The van der Waals surface area contributed by atoms with Crippen LogP contribution in [0.5, 0.6) is 5.75 Å². The lowest BCUT2D eigenvalue weighted by atomic mass is 10.0. The van der Waals surface area contributed by atoms with E-state index in [1.807, 2.05) is 79.7 Å². The van der Waals surface area contributed by atoms with E-state index in [1.165, 1.54) is 0 Å². The summed E-state index contributed by atoms with van der Waals surface area (Å²) in [5.74, 6) is 2.33. The minimum atomic E-state index is -0.228. The second-order valence-corrected chi connectivity index (χ2v) is 8.60. The van der Waals surface area contributed by atoms with E-state index in [9.17, 15) is 0 Å². The fraction of sp³-hybridized carbons (Fsp3) is 0.154. The molecule has 3 heterocycles. The van der Waals surface area contributed by atoms with Gasteiger partial charge in [-0.1, -0.05) is 29.8 Å². The number of pyridine rings is 1. The van der Waals surface area contributed by atoms with Crippen molar-refractivity contribution in [2.75, 3.05) is 12.0 Å². The average molecular weight is 476 g/mol. The van der Waals surface area contributed by atoms with Gasteiger partial charge in [0.25, 0.3) is 0 Å². The zero-order valence-corrected chi connectivity index (χ0v) is 19.7. The van der Waals surface area contributed by atoms with E-state index in [4.69, 9.17) is 33.0 Å². The number of ether oxygens (including phenoxy) is 1. The van der Waals surface area contributed by atoms with Gasteiger partial charge in [-0.2, -0.15) is 0 Å². The summed E-state index contributed by atoms with van der Waals surface area (Å²) in [7, 11) is 1.65. The number of furan rings is 1. The Kier molecular flexibility index (Phi) is 5.79. The lowest BCUT2D eigenvalue weighted by Gasteiger charge is -2.26. The highest BCUT2D eigenvalue weighted by Crippen LogP contribution is 2.43. The summed E-state index contributed by atoms with van der Waals surface area (Å²) in [5, 5.41) is 4.77. The van der Waals surface area contributed by atoms with Gasteiger partial charge >= 0.3 is 0 Å². The Balaban J connectivity index is 1.60. The van der Waals surface area contributed by atoms with Crippen LogP contribution in [0.15, 0.2) is 83.4 Å². The van der Waals surface area contributed by atoms with Crippen molar-refractivity contribution in [3.8, 4) is 17.1 Å². The van der Waals surface area contributed by atoms with Crippen LogP contribution in [0.4, 0.5) is 5.69 Å². The van der Waals surface area contributed by atoms with Crippen molar-refractivity contribution in [1.82, 2.24) is 10.3 Å². The molecule has 1 N–H and O–H groups in total. The smallest absolute Gasteiger partial charge is 0.174 e. The largest absolute Gasteiger partial charge is 0.497 e. The molecule has 0 aliphatic carbocycles. The molecule has 1 aliphatic rings. The first-order valence-corrected chi connectivity index (χ1v) is 11.4. The minimum Gasteiger partial charge on any atom is -0.497 e. The van der Waals surface area contributed by atoms with Gasteiger partial charge in [0, 0.05) is 22.5 Å². The first-order valence-electron chi connectivity index (χ1n) is 10.6. The van der Waals surface area contributed by atoms with Crippen LogP contribution >= 0.6 is 23.8 Å². The first-order chi connectivity index (χ1) is 16.1. The molecule has 0 unspecified atom stereocenters. The van der Waals surface area contributed by atoms with Gasteiger partial charge in [0.1, 0.15) is 23.3 Å². The molecular weight excluding hydrogens is 454 g/mol. The Morgan fingerprint density at radius 1 is 1.03 bits per heavy atom. The van der Waals surface area contributed by atoms with Crippen molar-refractivity contribution >= 4 is 34.6 Å². The first kappa shape index (κ1) is 21.5. The van der Waals surface area contributed by atoms with E-state index < -0.39 is 0 Å². The summed E-state index contributed by atoms with van der Waals surface area (Å²) >= 11 is 12.1. The van der Waals surface area contributed by atoms with Crippen molar-refractivity contribution in [1.29, 1.82) is 0 Å². The molecule has 0 spiro atoms. The van der Waals surface area contributed by atoms with Gasteiger partial charge in [0.2, 0.25) is 0 Å². The molecule has 5 nitrogen and oxygen atoms in total. The Labute approximate surface area is 203 Å². The molecule has 2 aromatic heterocycles. The zero-order valence-electron chi connectivity index (χ0n) is 18.2. The Hall–Kier alpha value is -3.35. The molecule has 0 saturated carbocycles. The second kappa shape index (κ2) is 8.89. The van der Waals surface area contributed by atoms with Crippen LogP contribution < -0.4 is 15.0 Å². The van der Waals surface area contributed by atoms with Crippen LogP contribution in [0.2, 0.25) is 5.02 Å². The third kappa shape index (κ3) is 3.96. The maximum Gasteiger partial charge on any atom is 0.174 e. The zero-order chi connectivity index (χ0) is 22.9. The van der Waals surface area contributed by atoms with E-state index in [1.54, 1.807) is 13.3 Å². The minimum absolute atomic E-state index is 0.180. The second-order valence-electron chi connectivity index (χ2n) is 7.81. The molecule has 33 heavy (non-hydrogen) atoms. The maximum absolute atomic E-state index is 6.43. The van der Waals surface area contributed by atoms with Crippen LogP contribution in [-0.4, -0.2) is 17.2 Å². The number of nitrogens with one attached hydrogen (secondary N) is 1. The summed E-state index contributed by atoms with van der Waals surface area (Å²) in [4.78, 5) is 6.66. The quantitative estimate of drug-likeness (QED) is 0.333. The number of anilines is 1. The number of hydrogen-bond donors (Lipinski definition) is 1. The predicted octanol–water partition coefficient (Wildman–Crippen LogP) is 6.49. The van der Waals surface area contributed by atoms with Gasteiger partial charge in [0.15, 0.2) is 5.11 Å². The highest BCUT2D eigenvalue weighted by Gasteiger charge is 2.42. The average Bonchev–Trinajstić information content (AvgIpc) is 3.46. The lowest BCUT2D eigenvalue weighted by Crippen LogP contribution is -2.29. The number of benzene rings is 2. The number of hydrogen-bond acceptors (Lipinski definition) is 4. The molecule has 1 fully saturated rings. The Morgan fingerprint density at radius 2 is 1.85 bits per heavy atom. The van der Waals surface area contributed by atoms with E-state index in [0.29, 0.717) is 10.1 Å². The molecule has 0 amide bonds. The van der Waals surface area contributed by atoms with Crippen LogP contribution in [0.1, 0.15) is 29.1 Å². The molecule has 7 heteroatoms. The normalized spacial score (nSPS) is 17.8. The molecule has 166 valence electrons. The van der Waals surface area contributed by atoms with Gasteiger partial charge in [-0.15, -0.1) is 0 Å². The molecule has 1 saturated heterocycles. The monoisotopic (exact) mass is 475 g/mol. The predicted molar refractivity (Wildman–Crippen MR) is 135 cm³/mol. The van der Waals surface area contributed by atoms with Gasteiger partial charge in [-0.25, -0.2) is 0 Å². The van der Waals surface area contributed by atoms with E-state index in [2.05, 4.69) is 15.2 Å². The molecule has 0 bridgehead atoms. The number of halogens is 1. The van der Waals surface area contributed by atoms with E-state index in [-0.39, 0.29) is 12.1 Å². The van der Waals surface area contributed by atoms with Crippen molar-refractivity contribution in [2.45, 2.75) is 19.0 Å². The van der Waals surface area contributed by atoms with Crippen molar-refractivity contribution in [3.63, 3.8) is 0 Å². The molecule has 1 aliphatic heterocycles. The van der Waals surface area contributed by atoms with Crippen LogP contribution in [0.3, 0.4) is 0 Å². The standard InChI is InChI=1S/C26H22ClN3O2S/c1-16-19(6-5-7-20(16)27)22-13-14-23(32-22)25-24(21-8-3-4-15-28-21)29-26(33)30(25)17-9-11-18(31-2)12-10-17/h3-15,24-25H,1-2H3,(H,29,33)/t24-,25-/m1/s1. The topological polar surface area (TPSA) is 50.5 Å². The third-order valence-corrected chi connectivity index (χ3v) is 6.62. The van der Waals surface area contributed by atoms with Crippen LogP contribution in [0, 0.1) is 6.92 Å². The van der Waals surface area contributed by atoms with Gasteiger partial charge < -0.3 is 19.4 Å². The number of nitrogens with zero attached hydrogens (tertiary/aromatic N) is 2. The number of thiocarbonyl (C=S) groups is 1. The summed E-state index contributed by atoms with van der Waals surface area (Å²) < 4.78 is 11.8. The number of rotatable bonds is 5. The number of methoxy groups -OCH3 is 1. The highest BCUT2D eigenvalue weighted by molar-refractivity contribution is 7.80. The lowest BCUT2D eigenvalue weighted by molar-refractivity contribution is 0.414.